The van der Waals surface area contributed by atoms with E-state index in [0.29, 0.717) is 16.4 Å². The second kappa shape index (κ2) is 4.87. The number of rotatable bonds is 1. The normalized spacial score (nSPS) is 18.2. The molecule has 0 aliphatic heterocycles. The van der Waals surface area contributed by atoms with Crippen LogP contribution >= 0.6 is 11.6 Å². The molecule has 1 heterocycles. The third-order valence-corrected chi connectivity index (χ3v) is 3.71. The van der Waals surface area contributed by atoms with Crippen molar-refractivity contribution in [3.63, 3.8) is 0 Å². The third kappa shape index (κ3) is 2.33. The van der Waals surface area contributed by atoms with Crippen molar-refractivity contribution in [2.45, 2.75) is 25.3 Å². The number of halogens is 2. The maximum Gasteiger partial charge on any atom is 0.160 e. The van der Waals surface area contributed by atoms with Crippen LogP contribution in [0.15, 0.2) is 24.4 Å². The van der Waals surface area contributed by atoms with Crippen LogP contribution in [0.5, 0.6) is 0 Å². The summed E-state index contributed by atoms with van der Waals surface area (Å²) in [5, 5.41) is 0.319. The molecule has 0 saturated heterocycles. The summed E-state index contributed by atoms with van der Waals surface area (Å²) in [6, 6.07) is 4.24. The quantitative estimate of drug-likeness (QED) is 0.870. The first-order valence-corrected chi connectivity index (χ1v) is 6.60. The van der Waals surface area contributed by atoms with Crippen molar-refractivity contribution in [3.05, 3.63) is 46.5 Å². The van der Waals surface area contributed by atoms with Gasteiger partial charge < -0.3 is 5.73 Å². The van der Waals surface area contributed by atoms with E-state index in [9.17, 15) is 4.39 Å². The lowest BCUT2D eigenvalue weighted by molar-refractivity contribution is 0.557. The number of hydrogen-bond donors (Lipinski definition) is 1. The Kier molecular flexibility index (Phi) is 3.21. The number of benzene rings is 1. The lowest BCUT2D eigenvalue weighted by Gasteiger charge is -2.21. The van der Waals surface area contributed by atoms with Crippen LogP contribution in [0.25, 0.3) is 11.4 Å². The number of hydrogen-bond acceptors (Lipinski definition) is 3. The van der Waals surface area contributed by atoms with Gasteiger partial charge in [0.2, 0.25) is 0 Å². The molecule has 1 aliphatic rings. The van der Waals surface area contributed by atoms with Crippen molar-refractivity contribution in [3.8, 4) is 11.4 Å². The summed E-state index contributed by atoms with van der Waals surface area (Å²) >= 11 is 6.03. The van der Waals surface area contributed by atoms with Gasteiger partial charge in [-0.05, 0) is 37.5 Å². The fraction of sp³-hybridized carbons (Fsp3) is 0.286. The van der Waals surface area contributed by atoms with E-state index in [0.717, 1.165) is 30.5 Å². The smallest absolute Gasteiger partial charge is 0.160 e. The number of nitrogens with two attached hydrogens (primary N) is 1. The molecule has 1 aromatic heterocycles. The second-order valence-electron chi connectivity index (χ2n) is 4.72. The first-order valence-electron chi connectivity index (χ1n) is 6.22. The summed E-state index contributed by atoms with van der Waals surface area (Å²) in [4.78, 5) is 8.83. The summed E-state index contributed by atoms with van der Waals surface area (Å²) < 4.78 is 13.0. The summed E-state index contributed by atoms with van der Waals surface area (Å²) in [7, 11) is 0. The maximum atomic E-state index is 13.0. The fourth-order valence-electron chi connectivity index (χ4n) is 2.38. The van der Waals surface area contributed by atoms with E-state index in [2.05, 4.69) is 9.97 Å². The van der Waals surface area contributed by atoms with Crippen LogP contribution in [0, 0.1) is 5.82 Å². The lowest BCUT2D eigenvalue weighted by atomic mass is 9.93. The summed E-state index contributed by atoms with van der Waals surface area (Å²) in [6.07, 6.45) is 4.66. The number of aromatic nitrogens is 2. The third-order valence-electron chi connectivity index (χ3n) is 3.40. The lowest BCUT2D eigenvalue weighted by Crippen LogP contribution is -2.19. The van der Waals surface area contributed by atoms with Gasteiger partial charge in [-0.25, -0.2) is 14.4 Å². The molecule has 2 aromatic rings. The van der Waals surface area contributed by atoms with E-state index in [1.165, 1.54) is 12.1 Å². The molecule has 2 N–H and O–H groups in total. The Labute approximate surface area is 115 Å². The van der Waals surface area contributed by atoms with Crippen LogP contribution in [0.1, 0.15) is 30.1 Å². The van der Waals surface area contributed by atoms with Crippen LogP contribution < -0.4 is 5.73 Å². The van der Waals surface area contributed by atoms with Crippen molar-refractivity contribution in [1.29, 1.82) is 0 Å². The van der Waals surface area contributed by atoms with E-state index in [1.54, 1.807) is 12.3 Å². The predicted octanol–water partition coefficient (Wildman–Crippen LogP) is 3.27. The molecule has 0 fully saturated rings. The van der Waals surface area contributed by atoms with Crippen LogP contribution in [0.2, 0.25) is 5.02 Å². The maximum absolute atomic E-state index is 13.0. The molecule has 0 radical (unpaired) electrons. The molecule has 0 saturated carbocycles. The van der Waals surface area contributed by atoms with Gasteiger partial charge in [0.05, 0.1) is 5.02 Å². The standard InChI is InChI=1S/C14H13ClFN3/c15-11-6-8(16)4-5-9(11)14-18-7-10-12(17)2-1-3-13(10)19-14/h4-7,12H,1-3,17H2. The van der Waals surface area contributed by atoms with Gasteiger partial charge in [0.25, 0.3) is 0 Å². The highest BCUT2D eigenvalue weighted by Gasteiger charge is 2.19. The van der Waals surface area contributed by atoms with Gasteiger partial charge in [0.1, 0.15) is 5.82 Å². The highest BCUT2D eigenvalue weighted by atomic mass is 35.5. The van der Waals surface area contributed by atoms with Crippen molar-refractivity contribution in [2.24, 2.45) is 5.73 Å². The minimum atomic E-state index is -0.367. The highest BCUT2D eigenvalue weighted by molar-refractivity contribution is 6.33. The molecular weight excluding hydrogens is 265 g/mol. The molecule has 5 heteroatoms. The topological polar surface area (TPSA) is 51.8 Å². The van der Waals surface area contributed by atoms with Crippen LogP contribution in [0.3, 0.4) is 0 Å². The molecule has 0 bridgehead atoms. The summed E-state index contributed by atoms with van der Waals surface area (Å²) in [5.41, 5.74) is 8.66. The van der Waals surface area contributed by atoms with E-state index >= 15 is 0 Å². The molecule has 19 heavy (non-hydrogen) atoms. The van der Waals surface area contributed by atoms with Crippen molar-refractivity contribution in [1.82, 2.24) is 9.97 Å². The molecule has 0 amide bonds. The Morgan fingerprint density at radius 2 is 2.21 bits per heavy atom. The van der Waals surface area contributed by atoms with Gasteiger partial charge >= 0.3 is 0 Å². The second-order valence-corrected chi connectivity index (χ2v) is 5.13. The summed E-state index contributed by atoms with van der Waals surface area (Å²) in [6.45, 7) is 0. The van der Waals surface area contributed by atoms with Gasteiger partial charge in [0, 0.05) is 29.1 Å². The largest absolute Gasteiger partial charge is 0.324 e. The number of fused-ring (bicyclic) bond motifs is 1. The van der Waals surface area contributed by atoms with Crippen LogP contribution in [-0.4, -0.2) is 9.97 Å². The van der Waals surface area contributed by atoms with Crippen molar-refractivity contribution >= 4 is 11.6 Å². The molecular formula is C14H13ClFN3. The first-order chi connectivity index (χ1) is 9.15. The Morgan fingerprint density at radius 3 is 3.00 bits per heavy atom. The van der Waals surface area contributed by atoms with Crippen LogP contribution in [-0.2, 0) is 6.42 Å². The molecule has 3 nitrogen and oxygen atoms in total. The Balaban J connectivity index is 2.06. The fourth-order valence-corrected chi connectivity index (χ4v) is 2.63. The predicted molar refractivity (Wildman–Crippen MR) is 72.3 cm³/mol. The Hall–Kier alpha value is -1.52. The zero-order valence-electron chi connectivity index (χ0n) is 10.2. The van der Waals surface area contributed by atoms with E-state index in [-0.39, 0.29) is 11.9 Å². The molecule has 1 unspecified atom stereocenters. The Morgan fingerprint density at radius 1 is 1.37 bits per heavy atom. The van der Waals surface area contributed by atoms with E-state index in [4.69, 9.17) is 17.3 Å². The summed E-state index contributed by atoms with van der Waals surface area (Å²) in [5.74, 6) is 0.159. The zero-order valence-corrected chi connectivity index (χ0v) is 11.0. The van der Waals surface area contributed by atoms with Gasteiger partial charge in [-0.15, -0.1) is 0 Å². The minimum Gasteiger partial charge on any atom is -0.324 e. The average molecular weight is 278 g/mol. The molecule has 3 rings (SSSR count). The zero-order chi connectivity index (χ0) is 13.4. The Bertz CT molecular complexity index is 630. The molecule has 98 valence electrons. The molecule has 0 spiro atoms. The van der Waals surface area contributed by atoms with Gasteiger partial charge in [-0.1, -0.05) is 11.6 Å². The number of nitrogens with zero attached hydrogens (tertiary/aromatic N) is 2. The number of aryl methyl sites for hydroxylation is 1. The molecule has 1 aromatic carbocycles. The SMILES string of the molecule is NC1CCCc2nc(-c3ccc(F)cc3Cl)ncc21. The van der Waals surface area contributed by atoms with Crippen molar-refractivity contribution < 1.29 is 4.39 Å². The van der Waals surface area contributed by atoms with Gasteiger partial charge in [-0.2, -0.15) is 0 Å². The minimum absolute atomic E-state index is 0.0153. The van der Waals surface area contributed by atoms with Crippen molar-refractivity contribution in [2.75, 3.05) is 0 Å². The van der Waals surface area contributed by atoms with Gasteiger partial charge in [0.15, 0.2) is 5.82 Å². The monoisotopic (exact) mass is 277 g/mol. The molecule has 1 aliphatic carbocycles. The first kappa shape index (κ1) is 12.5. The van der Waals surface area contributed by atoms with Crippen LogP contribution in [0.4, 0.5) is 4.39 Å². The van der Waals surface area contributed by atoms with E-state index < -0.39 is 0 Å². The molecule has 1 atom stereocenters. The van der Waals surface area contributed by atoms with E-state index in [1.807, 2.05) is 0 Å². The average Bonchev–Trinajstić information content (AvgIpc) is 2.38. The van der Waals surface area contributed by atoms with Gasteiger partial charge in [-0.3, -0.25) is 0 Å². The highest BCUT2D eigenvalue weighted by Crippen LogP contribution is 2.30.